The highest BCUT2D eigenvalue weighted by Gasteiger charge is 2.36. The molecule has 1 fully saturated rings. The summed E-state index contributed by atoms with van der Waals surface area (Å²) in [6.45, 7) is 7.01. The van der Waals surface area contributed by atoms with Crippen LogP contribution in [-0.2, 0) is 0 Å². The van der Waals surface area contributed by atoms with Crippen molar-refractivity contribution in [3.05, 3.63) is 22.4 Å². The summed E-state index contributed by atoms with van der Waals surface area (Å²) < 4.78 is 0. The second-order valence-electron chi connectivity index (χ2n) is 6.43. The highest BCUT2D eigenvalue weighted by Crippen LogP contribution is 2.43. The first kappa shape index (κ1) is 14.0. The monoisotopic (exact) mass is 267 g/mol. The van der Waals surface area contributed by atoms with Crippen molar-refractivity contribution >= 4 is 11.3 Å². The van der Waals surface area contributed by atoms with Crippen LogP contribution in [0.1, 0.15) is 51.0 Å². The van der Waals surface area contributed by atoms with Crippen LogP contribution >= 0.6 is 11.3 Å². The van der Waals surface area contributed by atoms with E-state index in [0.29, 0.717) is 12.1 Å². The molecule has 2 unspecified atom stereocenters. The number of nitrogens with one attached hydrogen (secondary N) is 1. The minimum Gasteiger partial charge on any atom is -0.396 e. The minimum atomic E-state index is 0.188. The smallest absolute Gasteiger partial charge is 0.0446 e. The van der Waals surface area contributed by atoms with E-state index in [2.05, 4.69) is 43.6 Å². The number of aliphatic hydroxyl groups is 1. The van der Waals surface area contributed by atoms with E-state index in [1.165, 1.54) is 17.7 Å². The van der Waals surface area contributed by atoms with Gasteiger partial charge in [0.25, 0.3) is 0 Å². The lowest BCUT2D eigenvalue weighted by Crippen LogP contribution is -2.43. The summed E-state index contributed by atoms with van der Waals surface area (Å²) >= 11 is 1.85. The summed E-state index contributed by atoms with van der Waals surface area (Å²) in [5.74, 6) is 0.798. The van der Waals surface area contributed by atoms with Gasteiger partial charge in [0.15, 0.2) is 0 Å². The molecule has 2 N–H and O–H groups in total. The lowest BCUT2D eigenvalue weighted by molar-refractivity contribution is 0.181. The quantitative estimate of drug-likeness (QED) is 0.825. The molecule has 18 heavy (non-hydrogen) atoms. The number of hydrogen-bond acceptors (Lipinski definition) is 3. The first-order valence-corrected chi connectivity index (χ1v) is 7.80. The average molecular weight is 267 g/mol. The third-order valence-electron chi connectivity index (χ3n) is 3.79. The molecule has 2 atom stereocenters. The van der Waals surface area contributed by atoms with E-state index in [0.717, 1.165) is 12.3 Å². The van der Waals surface area contributed by atoms with Gasteiger partial charge in [-0.3, -0.25) is 0 Å². The summed E-state index contributed by atoms with van der Waals surface area (Å²) in [5.41, 5.74) is 0.188. The topological polar surface area (TPSA) is 32.3 Å². The lowest BCUT2D eigenvalue weighted by Gasteiger charge is -2.34. The van der Waals surface area contributed by atoms with Crippen molar-refractivity contribution in [3.63, 3.8) is 0 Å². The van der Waals surface area contributed by atoms with Crippen molar-refractivity contribution in [1.29, 1.82) is 0 Å². The molecule has 1 aromatic heterocycles. The van der Waals surface area contributed by atoms with Crippen LogP contribution in [0.15, 0.2) is 17.5 Å². The summed E-state index contributed by atoms with van der Waals surface area (Å²) in [7, 11) is 0. The third-order valence-corrected chi connectivity index (χ3v) is 4.74. The van der Waals surface area contributed by atoms with Crippen LogP contribution in [0.4, 0.5) is 0 Å². The predicted octanol–water partition coefficient (Wildman–Crippen LogP) is 3.59. The molecule has 0 spiro atoms. The zero-order valence-electron chi connectivity index (χ0n) is 11.6. The summed E-state index contributed by atoms with van der Waals surface area (Å²) in [6, 6.07) is 5.23. The average Bonchev–Trinajstić information content (AvgIpc) is 2.98. The van der Waals surface area contributed by atoms with Crippen molar-refractivity contribution in [3.8, 4) is 0 Å². The van der Waals surface area contributed by atoms with Gasteiger partial charge < -0.3 is 10.4 Å². The highest BCUT2D eigenvalue weighted by molar-refractivity contribution is 7.10. The molecule has 1 aliphatic rings. The Kier molecular flexibility index (Phi) is 4.46. The van der Waals surface area contributed by atoms with E-state index in [1.54, 1.807) is 0 Å². The molecule has 2 nitrogen and oxygen atoms in total. The van der Waals surface area contributed by atoms with Crippen LogP contribution in [-0.4, -0.2) is 17.8 Å². The van der Waals surface area contributed by atoms with Crippen LogP contribution in [0.5, 0.6) is 0 Å². The zero-order chi connectivity index (χ0) is 13.2. The second kappa shape index (κ2) is 5.72. The Morgan fingerprint density at radius 1 is 1.44 bits per heavy atom. The number of rotatable bonds is 6. The summed E-state index contributed by atoms with van der Waals surface area (Å²) in [5, 5.41) is 15.2. The molecule has 0 saturated heterocycles. The van der Waals surface area contributed by atoms with E-state index in [-0.39, 0.29) is 12.0 Å². The molecule has 3 heteroatoms. The van der Waals surface area contributed by atoms with E-state index < -0.39 is 0 Å². The molecule has 0 aliphatic heterocycles. The Labute approximate surface area is 114 Å². The molecule has 1 aromatic rings. The maximum atomic E-state index is 9.26. The number of thiophene rings is 1. The molecule has 1 aliphatic carbocycles. The fourth-order valence-corrected chi connectivity index (χ4v) is 3.34. The standard InChI is InChI=1S/C15H25NOS/c1-15(2,3)13(8-9-17)16-14(11-6-7-11)12-5-4-10-18-12/h4-5,10-11,13-14,16-17H,6-9H2,1-3H3. The first-order chi connectivity index (χ1) is 8.52. The summed E-state index contributed by atoms with van der Waals surface area (Å²) in [4.78, 5) is 1.45. The number of hydrogen-bond donors (Lipinski definition) is 2. The van der Waals surface area contributed by atoms with Gasteiger partial charge in [0.1, 0.15) is 0 Å². The largest absolute Gasteiger partial charge is 0.396 e. The number of aliphatic hydroxyl groups excluding tert-OH is 1. The van der Waals surface area contributed by atoms with Gasteiger partial charge in [0, 0.05) is 23.6 Å². The van der Waals surface area contributed by atoms with Crippen LogP contribution < -0.4 is 5.32 Å². The molecular formula is C15H25NOS. The third kappa shape index (κ3) is 3.56. The molecule has 102 valence electrons. The van der Waals surface area contributed by atoms with Crippen molar-refractivity contribution in [2.45, 2.75) is 52.1 Å². The Morgan fingerprint density at radius 3 is 2.61 bits per heavy atom. The Balaban J connectivity index is 2.07. The SMILES string of the molecule is CC(C)(C)C(CCO)NC(c1cccs1)C1CC1. The van der Waals surface area contributed by atoms with Crippen LogP contribution in [0.3, 0.4) is 0 Å². The van der Waals surface area contributed by atoms with Crippen LogP contribution in [0.25, 0.3) is 0 Å². The molecule has 1 heterocycles. The van der Waals surface area contributed by atoms with Crippen LogP contribution in [0, 0.1) is 11.3 Å². The Hall–Kier alpha value is -0.380. The van der Waals surface area contributed by atoms with Gasteiger partial charge in [0.2, 0.25) is 0 Å². The van der Waals surface area contributed by atoms with Crippen molar-refractivity contribution in [2.24, 2.45) is 11.3 Å². The van der Waals surface area contributed by atoms with Gasteiger partial charge >= 0.3 is 0 Å². The molecular weight excluding hydrogens is 242 g/mol. The van der Waals surface area contributed by atoms with E-state index >= 15 is 0 Å². The van der Waals surface area contributed by atoms with Gasteiger partial charge in [0.05, 0.1) is 0 Å². The van der Waals surface area contributed by atoms with Gasteiger partial charge in [-0.1, -0.05) is 26.8 Å². The van der Waals surface area contributed by atoms with Crippen molar-refractivity contribution in [1.82, 2.24) is 5.32 Å². The Morgan fingerprint density at radius 2 is 2.17 bits per heavy atom. The van der Waals surface area contributed by atoms with Gasteiger partial charge in [-0.25, -0.2) is 0 Å². The Bertz CT molecular complexity index is 351. The minimum absolute atomic E-state index is 0.188. The van der Waals surface area contributed by atoms with E-state index in [1.807, 2.05) is 11.3 Å². The first-order valence-electron chi connectivity index (χ1n) is 6.92. The van der Waals surface area contributed by atoms with E-state index in [4.69, 9.17) is 0 Å². The molecule has 0 radical (unpaired) electrons. The van der Waals surface area contributed by atoms with Gasteiger partial charge in [-0.2, -0.15) is 0 Å². The molecule has 0 bridgehead atoms. The van der Waals surface area contributed by atoms with Crippen molar-refractivity contribution in [2.75, 3.05) is 6.61 Å². The fourth-order valence-electron chi connectivity index (χ4n) is 2.46. The fraction of sp³-hybridized carbons (Fsp3) is 0.733. The van der Waals surface area contributed by atoms with Gasteiger partial charge in [-0.15, -0.1) is 11.3 Å². The van der Waals surface area contributed by atoms with E-state index in [9.17, 15) is 5.11 Å². The zero-order valence-corrected chi connectivity index (χ0v) is 12.5. The van der Waals surface area contributed by atoms with Crippen molar-refractivity contribution < 1.29 is 5.11 Å². The van der Waals surface area contributed by atoms with Gasteiger partial charge in [-0.05, 0) is 42.0 Å². The normalized spacial score (nSPS) is 19.8. The molecule has 0 aromatic carbocycles. The summed E-state index contributed by atoms with van der Waals surface area (Å²) in [6.07, 6.45) is 3.51. The molecule has 1 saturated carbocycles. The predicted molar refractivity (Wildman–Crippen MR) is 77.9 cm³/mol. The van der Waals surface area contributed by atoms with Crippen LogP contribution in [0.2, 0.25) is 0 Å². The maximum Gasteiger partial charge on any atom is 0.0446 e. The maximum absolute atomic E-state index is 9.26. The molecule has 0 amide bonds. The highest BCUT2D eigenvalue weighted by atomic mass is 32.1. The second-order valence-corrected chi connectivity index (χ2v) is 7.41. The lowest BCUT2D eigenvalue weighted by atomic mass is 9.84. The molecule has 2 rings (SSSR count).